The molecule has 6 nitrogen and oxygen atoms in total. The SMILES string of the molecule is COc1cccc(CN2CCN(C(=O)NCC3(C)COC3)CC2)c1. The number of nitrogens with one attached hydrogen (secondary N) is 1. The zero-order valence-electron chi connectivity index (χ0n) is 14.6. The number of nitrogens with zero attached hydrogens (tertiary/aromatic N) is 2. The highest BCUT2D eigenvalue weighted by molar-refractivity contribution is 5.74. The lowest BCUT2D eigenvalue weighted by atomic mass is 9.89. The van der Waals surface area contributed by atoms with E-state index < -0.39 is 0 Å². The predicted octanol–water partition coefficient (Wildman–Crippen LogP) is 1.56. The fourth-order valence-electron chi connectivity index (χ4n) is 3.09. The van der Waals surface area contributed by atoms with Crippen LogP contribution in [0, 0.1) is 5.41 Å². The van der Waals surface area contributed by atoms with Crippen molar-refractivity contribution in [2.45, 2.75) is 13.5 Å². The van der Waals surface area contributed by atoms with E-state index in [4.69, 9.17) is 9.47 Å². The van der Waals surface area contributed by atoms with E-state index in [9.17, 15) is 4.79 Å². The first-order valence-corrected chi connectivity index (χ1v) is 8.54. The van der Waals surface area contributed by atoms with Crippen LogP contribution in [0.4, 0.5) is 4.79 Å². The van der Waals surface area contributed by atoms with E-state index in [0.29, 0.717) is 6.54 Å². The highest BCUT2D eigenvalue weighted by Gasteiger charge is 2.34. The number of ether oxygens (including phenoxy) is 2. The summed E-state index contributed by atoms with van der Waals surface area (Å²) in [5, 5.41) is 3.05. The Hall–Kier alpha value is -1.79. The van der Waals surface area contributed by atoms with Gasteiger partial charge in [-0.25, -0.2) is 4.79 Å². The van der Waals surface area contributed by atoms with Gasteiger partial charge in [-0.1, -0.05) is 19.1 Å². The molecule has 2 heterocycles. The standard InChI is InChI=1S/C18H27N3O3/c1-18(13-24-14-18)12-19-17(22)21-8-6-20(7-9-21)11-15-4-3-5-16(10-15)23-2/h3-5,10H,6-9,11-14H2,1-2H3,(H,19,22). The van der Waals surface area contributed by atoms with Gasteiger partial charge in [0, 0.05) is 44.7 Å². The van der Waals surface area contributed by atoms with Gasteiger partial charge in [0.1, 0.15) is 5.75 Å². The fourth-order valence-corrected chi connectivity index (χ4v) is 3.09. The van der Waals surface area contributed by atoms with Crippen molar-refractivity contribution in [1.29, 1.82) is 0 Å². The van der Waals surface area contributed by atoms with Crippen LogP contribution in [-0.4, -0.2) is 68.9 Å². The van der Waals surface area contributed by atoms with Gasteiger partial charge in [0.25, 0.3) is 0 Å². The van der Waals surface area contributed by atoms with Crippen LogP contribution in [0.2, 0.25) is 0 Å². The van der Waals surface area contributed by atoms with E-state index in [1.54, 1.807) is 7.11 Å². The molecule has 0 bridgehead atoms. The van der Waals surface area contributed by atoms with Crippen LogP contribution >= 0.6 is 0 Å². The van der Waals surface area contributed by atoms with Crippen molar-refractivity contribution in [3.05, 3.63) is 29.8 Å². The van der Waals surface area contributed by atoms with E-state index in [0.717, 1.165) is 51.7 Å². The third kappa shape index (κ3) is 4.19. The van der Waals surface area contributed by atoms with E-state index >= 15 is 0 Å². The summed E-state index contributed by atoms with van der Waals surface area (Å²) in [4.78, 5) is 16.6. The maximum absolute atomic E-state index is 12.3. The van der Waals surface area contributed by atoms with Crippen molar-refractivity contribution < 1.29 is 14.3 Å². The first-order chi connectivity index (χ1) is 11.6. The normalized spacial score (nSPS) is 20.3. The highest BCUT2D eigenvalue weighted by Crippen LogP contribution is 2.25. The zero-order chi connectivity index (χ0) is 17.0. The number of methoxy groups -OCH3 is 1. The summed E-state index contributed by atoms with van der Waals surface area (Å²) in [5.41, 5.74) is 1.36. The molecule has 1 N–H and O–H groups in total. The number of benzene rings is 1. The van der Waals surface area contributed by atoms with Crippen LogP contribution in [-0.2, 0) is 11.3 Å². The third-order valence-corrected chi connectivity index (χ3v) is 4.77. The lowest BCUT2D eigenvalue weighted by Crippen LogP contribution is -2.55. The Kier molecular flexibility index (Phi) is 5.26. The van der Waals surface area contributed by atoms with Gasteiger partial charge in [-0.05, 0) is 17.7 Å². The van der Waals surface area contributed by atoms with Crippen LogP contribution in [0.5, 0.6) is 5.75 Å². The average Bonchev–Trinajstić information content (AvgIpc) is 2.59. The van der Waals surface area contributed by atoms with Gasteiger partial charge >= 0.3 is 6.03 Å². The molecule has 1 aromatic carbocycles. The Morgan fingerprint density at radius 2 is 2.04 bits per heavy atom. The first-order valence-electron chi connectivity index (χ1n) is 8.54. The highest BCUT2D eigenvalue weighted by atomic mass is 16.5. The van der Waals surface area contributed by atoms with Gasteiger partial charge < -0.3 is 19.7 Å². The molecule has 0 radical (unpaired) electrons. The lowest BCUT2D eigenvalue weighted by Gasteiger charge is -2.39. The molecule has 2 aliphatic heterocycles. The maximum Gasteiger partial charge on any atom is 0.317 e. The summed E-state index contributed by atoms with van der Waals surface area (Å²) in [7, 11) is 1.69. The molecule has 132 valence electrons. The molecule has 0 spiro atoms. The molecule has 0 aliphatic carbocycles. The largest absolute Gasteiger partial charge is 0.497 e. The summed E-state index contributed by atoms with van der Waals surface area (Å²) < 4.78 is 10.5. The number of amides is 2. The van der Waals surface area contributed by atoms with Gasteiger partial charge in [0.15, 0.2) is 0 Å². The van der Waals surface area contributed by atoms with Crippen LogP contribution < -0.4 is 10.1 Å². The number of piperazine rings is 1. The second-order valence-corrected chi connectivity index (χ2v) is 7.08. The Balaban J connectivity index is 1.42. The number of hydrogen-bond donors (Lipinski definition) is 1. The molecular weight excluding hydrogens is 306 g/mol. The summed E-state index contributed by atoms with van der Waals surface area (Å²) in [6.07, 6.45) is 0. The summed E-state index contributed by atoms with van der Waals surface area (Å²) in [6.45, 7) is 8.52. The quantitative estimate of drug-likeness (QED) is 0.888. The number of carbonyl (C=O) groups excluding carboxylic acids is 1. The first kappa shape index (κ1) is 17.0. The minimum atomic E-state index is 0.0455. The zero-order valence-corrected chi connectivity index (χ0v) is 14.6. The predicted molar refractivity (Wildman–Crippen MR) is 92.2 cm³/mol. The van der Waals surface area contributed by atoms with Crippen molar-refractivity contribution in [1.82, 2.24) is 15.1 Å². The van der Waals surface area contributed by atoms with E-state index in [-0.39, 0.29) is 11.4 Å². The number of hydrogen-bond acceptors (Lipinski definition) is 4. The number of urea groups is 1. The Morgan fingerprint density at radius 1 is 1.29 bits per heavy atom. The number of rotatable bonds is 5. The molecule has 24 heavy (non-hydrogen) atoms. The van der Waals surface area contributed by atoms with Crippen LogP contribution in [0.25, 0.3) is 0 Å². The molecule has 0 unspecified atom stereocenters. The Morgan fingerprint density at radius 3 is 2.67 bits per heavy atom. The van der Waals surface area contributed by atoms with Gasteiger partial charge in [0.2, 0.25) is 0 Å². The molecule has 2 amide bonds. The maximum atomic E-state index is 12.3. The molecule has 0 saturated carbocycles. The summed E-state index contributed by atoms with van der Waals surface area (Å²) in [6, 6.07) is 8.20. The van der Waals surface area contributed by atoms with E-state index in [1.165, 1.54) is 5.56 Å². The van der Waals surface area contributed by atoms with Crippen LogP contribution in [0.3, 0.4) is 0 Å². The van der Waals surface area contributed by atoms with Gasteiger partial charge in [0.05, 0.1) is 20.3 Å². The monoisotopic (exact) mass is 333 g/mol. The second kappa shape index (κ2) is 7.40. The van der Waals surface area contributed by atoms with Crippen molar-refractivity contribution in [2.75, 3.05) is 53.0 Å². The minimum Gasteiger partial charge on any atom is -0.497 e. The van der Waals surface area contributed by atoms with Gasteiger partial charge in [-0.15, -0.1) is 0 Å². The summed E-state index contributed by atoms with van der Waals surface area (Å²) >= 11 is 0. The second-order valence-electron chi connectivity index (χ2n) is 7.08. The molecule has 3 rings (SSSR count). The molecule has 1 aromatic rings. The van der Waals surface area contributed by atoms with E-state index in [1.807, 2.05) is 17.0 Å². The fraction of sp³-hybridized carbons (Fsp3) is 0.611. The molecule has 2 aliphatic rings. The van der Waals surface area contributed by atoms with Crippen LogP contribution in [0.15, 0.2) is 24.3 Å². The molecule has 2 fully saturated rings. The molecule has 0 atom stereocenters. The molecule has 6 heteroatoms. The van der Waals surface area contributed by atoms with Crippen molar-refractivity contribution >= 4 is 6.03 Å². The Bertz CT molecular complexity index is 566. The van der Waals surface area contributed by atoms with Gasteiger partial charge in [-0.2, -0.15) is 0 Å². The lowest BCUT2D eigenvalue weighted by molar-refractivity contribution is -0.0979. The molecular formula is C18H27N3O3. The van der Waals surface area contributed by atoms with Crippen molar-refractivity contribution in [2.24, 2.45) is 5.41 Å². The molecule has 2 saturated heterocycles. The number of carbonyl (C=O) groups is 1. The van der Waals surface area contributed by atoms with Gasteiger partial charge in [-0.3, -0.25) is 4.90 Å². The minimum absolute atomic E-state index is 0.0455. The van der Waals surface area contributed by atoms with Crippen LogP contribution in [0.1, 0.15) is 12.5 Å². The third-order valence-electron chi connectivity index (χ3n) is 4.77. The van der Waals surface area contributed by atoms with E-state index in [2.05, 4.69) is 29.3 Å². The average molecular weight is 333 g/mol. The smallest absolute Gasteiger partial charge is 0.317 e. The van der Waals surface area contributed by atoms with Crippen molar-refractivity contribution in [3.8, 4) is 5.75 Å². The topological polar surface area (TPSA) is 54.0 Å². The molecule has 0 aromatic heterocycles. The van der Waals surface area contributed by atoms with Crippen molar-refractivity contribution in [3.63, 3.8) is 0 Å². The Labute approximate surface area is 143 Å². The summed E-state index contributed by atoms with van der Waals surface area (Å²) in [5.74, 6) is 0.888.